The Morgan fingerprint density at radius 2 is 2.21 bits per heavy atom. The molecule has 1 aliphatic carbocycles. The predicted octanol–water partition coefficient (Wildman–Crippen LogP) is 2.10. The first-order valence-corrected chi connectivity index (χ1v) is 4.71. The summed E-state index contributed by atoms with van der Waals surface area (Å²) in [6.45, 7) is 2.18. The maximum absolute atomic E-state index is 8.80. The molecule has 0 radical (unpaired) electrons. The molecular formula is C11H13N3. The Kier molecular flexibility index (Phi) is 1.85. The standard InChI is InChI=1S/C11H13N3/c1-11(4-5-11)14-9-2-3-10(13)8(6-9)7-12/h2-3,6,14H,4-5,13H2,1H3. The largest absolute Gasteiger partial charge is 0.398 e. The van der Waals surface area contributed by atoms with Crippen LogP contribution in [0.25, 0.3) is 0 Å². The van der Waals surface area contributed by atoms with Gasteiger partial charge in [-0.3, -0.25) is 0 Å². The number of hydrogen-bond donors (Lipinski definition) is 2. The van der Waals surface area contributed by atoms with E-state index in [1.807, 2.05) is 6.07 Å². The Morgan fingerprint density at radius 3 is 2.79 bits per heavy atom. The highest BCUT2D eigenvalue weighted by atomic mass is 15.0. The van der Waals surface area contributed by atoms with Crippen molar-refractivity contribution in [3.8, 4) is 6.07 Å². The van der Waals surface area contributed by atoms with E-state index in [-0.39, 0.29) is 5.54 Å². The van der Waals surface area contributed by atoms with Crippen molar-refractivity contribution in [2.45, 2.75) is 25.3 Å². The van der Waals surface area contributed by atoms with Crippen LogP contribution in [-0.4, -0.2) is 5.54 Å². The third kappa shape index (κ3) is 1.64. The van der Waals surface area contributed by atoms with E-state index in [1.54, 1.807) is 12.1 Å². The zero-order valence-electron chi connectivity index (χ0n) is 8.17. The van der Waals surface area contributed by atoms with Gasteiger partial charge in [-0.1, -0.05) is 0 Å². The number of nitrogen functional groups attached to an aromatic ring is 1. The van der Waals surface area contributed by atoms with Gasteiger partial charge in [0.2, 0.25) is 0 Å². The molecule has 0 atom stereocenters. The van der Waals surface area contributed by atoms with Gasteiger partial charge in [-0.25, -0.2) is 0 Å². The molecule has 3 nitrogen and oxygen atoms in total. The molecule has 0 saturated heterocycles. The summed E-state index contributed by atoms with van der Waals surface area (Å²) < 4.78 is 0. The molecule has 3 heteroatoms. The molecule has 1 aliphatic rings. The summed E-state index contributed by atoms with van der Waals surface area (Å²) in [4.78, 5) is 0. The molecule has 1 fully saturated rings. The highest BCUT2D eigenvalue weighted by Gasteiger charge is 2.36. The molecule has 2 rings (SSSR count). The monoisotopic (exact) mass is 187 g/mol. The predicted molar refractivity (Wildman–Crippen MR) is 56.8 cm³/mol. The maximum atomic E-state index is 8.80. The summed E-state index contributed by atoms with van der Waals surface area (Å²) in [6, 6.07) is 7.57. The number of anilines is 2. The first-order chi connectivity index (χ1) is 6.63. The van der Waals surface area contributed by atoms with E-state index < -0.39 is 0 Å². The molecule has 72 valence electrons. The Morgan fingerprint density at radius 1 is 1.50 bits per heavy atom. The number of nitrogens with zero attached hydrogens (tertiary/aromatic N) is 1. The lowest BCUT2D eigenvalue weighted by molar-refractivity contribution is 0.829. The smallest absolute Gasteiger partial charge is 0.101 e. The topological polar surface area (TPSA) is 61.8 Å². The van der Waals surface area contributed by atoms with Gasteiger partial charge in [-0.05, 0) is 38.0 Å². The van der Waals surface area contributed by atoms with Crippen LogP contribution in [0.5, 0.6) is 0 Å². The van der Waals surface area contributed by atoms with Gasteiger partial charge in [0, 0.05) is 16.9 Å². The molecule has 0 bridgehead atoms. The van der Waals surface area contributed by atoms with E-state index in [2.05, 4.69) is 18.3 Å². The summed E-state index contributed by atoms with van der Waals surface area (Å²) in [5, 5.41) is 12.2. The van der Waals surface area contributed by atoms with E-state index in [4.69, 9.17) is 11.0 Å². The quantitative estimate of drug-likeness (QED) is 0.697. The van der Waals surface area contributed by atoms with Gasteiger partial charge in [0.1, 0.15) is 6.07 Å². The second kappa shape index (κ2) is 2.91. The zero-order chi connectivity index (χ0) is 10.2. The van der Waals surface area contributed by atoms with Crippen LogP contribution in [0.15, 0.2) is 18.2 Å². The van der Waals surface area contributed by atoms with Crippen LogP contribution in [0.4, 0.5) is 11.4 Å². The van der Waals surface area contributed by atoms with Crippen molar-refractivity contribution in [2.75, 3.05) is 11.1 Å². The third-order valence-electron chi connectivity index (χ3n) is 2.62. The number of nitrogens with two attached hydrogens (primary N) is 1. The lowest BCUT2D eigenvalue weighted by Crippen LogP contribution is -2.15. The van der Waals surface area contributed by atoms with E-state index in [1.165, 1.54) is 12.8 Å². The first kappa shape index (κ1) is 8.89. The molecule has 3 N–H and O–H groups in total. The SMILES string of the molecule is CC1(Nc2ccc(N)c(C#N)c2)CC1. The highest BCUT2D eigenvalue weighted by Crippen LogP contribution is 2.38. The molecular weight excluding hydrogens is 174 g/mol. The highest BCUT2D eigenvalue weighted by molar-refractivity contribution is 5.62. The van der Waals surface area contributed by atoms with Gasteiger partial charge in [-0.15, -0.1) is 0 Å². The number of nitriles is 1. The lowest BCUT2D eigenvalue weighted by atomic mass is 10.1. The number of nitrogens with one attached hydrogen (secondary N) is 1. The fourth-order valence-electron chi connectivity index (χ4n) is 1.39. The van der Waals surface area contributed by atoms with E-state index >= 15 is 0 Å². The Labute approximate surface area is 83.5 Å². The van der Waals surface area contributed by atoms with Crippen LogP contribution in [0.3, 0.4) is 0 Å². The van der Waals surface area contributed by atoms with Gasteiger partial charge in [0.05, 0.1) is 5.56 Å². The fraction of sp³-hybridized carbons (Fsp3) is 0.364. The summed E-state index contributed by atoms with van der Waals surface area (Å²) in [5.41, 5.74) is 7.93. The Hall–Kier alpha value is -1.69. The minimum Gasteiger partial charge on any atom is -0.398 e. The number of benzene rings is 1. The van der Waals surface area contributed by atoms with Gasteiger partial charge >= 0.3 is 0 Å². The summed E-state index contributed by atoms with van der Waals surface area (Å²) in [5.74, 6) is 0. The summed E-state index contributed by atoms with van der Waals surface area (Å²) in [7, 11) is 0. The Bertz CT molecular complexity index is 399. The average molecular weight is 187 g/mol. The van der Waals surface area contributed by atoms with Gasteiger partial charge < -0.3 is 11.1 Å². The van der Waals surface area contributed by atoms with Crippen LogP contribution in [0.1, 0.15) is 25.3 Å². The van der Waals surface area contributed by atoms with Gasteiger partial charge in [0.25, 0.3) is 0 Å². The lowest BCUT2D eigenvalue weighted by Gasteiger charge is -2.13. The van der Waals surface area contributed by atoms with Crippen LogP contribution >= 0.6 is 0 Å². The van der Waals surface area contributed by atoms with E-state index in [9.17, 15) is 0 Å². The number of rotatable bonds is 2. The van der Waals surface area contributed by atoms with Crippen LogP contribution in [0, 0.1) is 11.3 Å². The molecule has 1 aromatic carbocycles. The van der Waals surface area contributed by atoms with Crippen molar-refractivity contribution in [2.24, 2.45) is 0 Å². The van der Waals surface area contributed by atoms with E-state index in [0.717, 1.165) is 5.69 Å². The Balaban J connectivity index is 2.23. The molecule has 0 amide bonds. The molecule has 0 spiro atoms. The van der Waals surface area contributed by atoms with Crippen LogP contribution < -0.4 is 11.1 Å². The summed E-state index contributed by atoms with van der Waals surface area (Å²) in [6.07, 6.45) is 2.39. The van der Waals surface area contributed by atoms with Crippen LogP contribution in [0.2, 0.25) is 0 Å². The maximum Gasteiger partial charge on any atom is 0.101 e. The second-order valence-electron chi connectivity index (χ2n) is 4.10. The van der Waals surface area contributed by atoms with Crippen molar-refractivity contribution in [1.82, 2.24) is 0 Å². The molecule has 0 heterocycles. The molecule has 0 aromatic heterocycles. The molecule has 14 heavy (non-hydrogen) atoms. The van der Waals surface area contributed by atoms with Crippen molar-refractivity contribution >= 4 is 11.4 Å². The first-order valence-electron chi connectivity index (χ1n) is 4.71. The number of hydrogen-bond acceptors (Lipinski definition) is 3. The van der Waals surface area contributed by atoms with Gasteiger partial charge in [-0.2, -0.15) is 5.26 Å². The van der Waals surface area contributed by atoms with Crippen molar-refractivity contribution in [3.63, 3.8) is 0 Å². The zero-order valence-corrected chi connectivity index (χ0v) is 8.17. The van der Waals surface area contributed by atoms with E-state index in [0.29, 0.717) is 11.3 Å². The average Bonchev–Trinajstić information content (AvgIpc) is 2.87. The summed E-state index contributed by atoms with van der Waals surface area (Å²) >= 11 is 0. The van der Waals surface area contributed by atoms with Gasteiger partial charge in [0.15, 0.2) is 0 Å². The normalized spacial score (nSPS) is 17.1. The second-order valence-corrected chi connectivity index (χ2v) is 4.10. The fourth-order valence-corrected chi connectivity index (χ4v) is 1.39. The molecule has 1 aromatic rings. The van der Waals surface area contributed by atoms with Crippen LogP contribution in [-0.2, 0) is 0 Å². The van der Waals surface area contributed by atoms with Crippen molar-refractivity contribution < 1.29 is 0 Å². The third-order valence-corrected chi connectivity index (χ3v) is 2.62. The molecule has 1 saturated carbocycles. The van der Waals surface area contributed by atoms with Crippen molar-refractivity contribution in [1.29, 1.82) is 5.26 Å². The minimum atomic E-state index is 0.239. The van der Waals surface area contributed by atoms with Crippen molar-refractivity contribution in [3.05, 3.63) is 23.8 Å². The molecule has 0 aliphatic heterocycles. The molecule has 0 unspecified atom stereocenters. The minimum absolute atomic E-state index is 0.239.